The number of carbonyl (C=O) groups is 2. The third-order valence-corrected chi connectivity index (χ3v) is 4.67. The van der Waals surface area contributed by atoms with E-state index in [4.69, 9.17) is 9.15 Å². The van der Waals surface area contributed by atoms with Gasteiger partial charge in [0, 0.05) is 32.7 Å². The predicted octanol–water partition coefficient (Wildman–Crippen LogP) is 2.28. The highest BCUT2D eigenvalue weighted by molar-refractivity contribution is 5.91. The van der Waals surface area contributed by atoms with Crippen LogP contribution in [-0.4, -0.2) is 60.9 Å². The first-order valence-corrected chi connectivity index (χ1v) is 9.80. The van der Waals surface area contributed by atoms with E-state index in [2.05, 4.69) is 5.32 Å². The Hall–Kier alpha value is -2.87. The molecule has 0 saturated carbocycles. The number of halogens is 1. The summed E-state index contributed by atoms with van der Waals surface area (Å²) < 4.78 is 24.1. The SMILES string of the molecule is CCCNC(=O)CN1CCN(C(=O)c2ccc(COc3ccc(F)cc3)o2)CC1. The zero-order valence-electron chi connectivity index (χ0n) is 16.5. The lowest BCUT2D eigenvalue weighted by Gasteiger charge is -2.33. The number of nitrogens with zero attached hydrogens (tertiary/aromatic N) is 2. The van der Waals surface area contributed by atoms with Gasteiger partial charge in [0.1, 0.15) is 23.9 Å². The van der Waals surface area contributed by atoms with E-state index in [0.29, 0.717) is 50.8 Å². The van der Waals surface area contributed by atoms with Gasteiger partial charge in [0.05, 0.1) is 6.54 Å². The maximum atomic E-state index is 12.9. The van der Waals surface area contributed by atoms with E-state index < -0.39 is 0 Å². The van der Waals surface area contributed by atoms with E-state index in [0.717, 1.165) is 6.42 Å². The summed E-state index contributed by atoms with van der Waals surface area (Å²) in [5.74, 6) is 0.817. The number of ether oxygens (including phenoxy) is 1. The van der Waals surface area contributed by atoms with E-state index in [1.54, 1.807) is 17.0 Å². The molecule has 2 amide bonds. The number of amides is 2. The maximum absolute atomic E-state index is 12.9. The number of hydrogen-bond acceptors (Lipinski definition) is 5. The number of benzene rings is 1. The smallest absolute Gasteiger partial charge is 0.289 e. The Morgan fingerprint density at radius 1 is 1.10 bits per heavy atom. The Balaban J connectivity index is 1.45. The van der Waals surface area contributed by atoms with Gasteiger partial charge in [-0.25, -0.2) is 4.39 Å². The highest BCUT2D eigenvalue weighted by Gasteiger charge is 2.25. The maximum Gasteiger partial charge on any atom is 0.289 e. The van der Waals surface area contributed by atoms with Crippen LogP contribution in [0.15, 0.2) is 40.8 Å². The van der Waals surface area contributed by atoms with Crippen molar-refractivity contribution in [2.24, 2.45) is 0 Å². The Bertz CT molecular complexity index is 814. The number of rotatable bonds is 8. The molecule has 8 heteroatoms. The molecule has 0 unspecified atom stereocenters. The predicted molar refractivity (Wildman–Crippen MR) is 105 cm³/mol. The molecular weight excluding hydrogens is 377 g/mol. The van der Waals surface area contributed by atoms with Gasteiger partial charge in [0.2, 0.25) is 5.91 Å². The minimum Gasteiger partial charge on any atom is -0.486 e. The Morgan fingerprint density at radius 3 is 2.52 bits per heavy atom. The minimum atomic E-state index is -0.329. The Labute approximate surface area is 169 Å². The summed E-state index contributed by atoms with van der Waals surface area (Å²) in [6.45, 7) is 5.58. The minimum absolute atomic E-state index is 0.0171. The van der Waals surface area contributed by atoms with Crippen molar-refractivity contribution in [2.45, 2.75) is 20.0 Å². The van der Waals surface area contributed by atoms with Crippen LogP contribution in [0, 0.1) is 5.82 Å². The molecule has 7 nitrogen and oxygen atoms in total. The summed E-state index contributed by atoms with van der Waals surface area (Å²) in [7, 11) is 0. The van der Waals surface area contributed by atoms with Crippen LogP contribution in [0.25, 0.3) is 0 Å². The van der Waals surface area contributed by atoms with Gasteiger partial charge in [-0.3, -0.25) is 14.5 Å². The molecule has 0 radical (unpaired) electrons. The monoisotopic (exact) mass is 403 g/mol. The van der Waals surface area contributed by atoms with Crippen molar-refractivity contribution in [3.63, 3.8) is 0 Å². The molecule has 1 aromatic carbocycles. The first-order valence-electron chi connectivity index (χ1n) is 9.80. The second-order valence-corrected chi connectivity index (χ2v) is 6.93. The Kier molecular flexibility index (Phi) is 7.24. The molecule has 0 spiro atoms. The lowest BCUT2D eigenvalue weighted by Crippen LogP contribution is -2.51. The molecule has 0 atom stereocenters. The molecule has 3 rings (SSSR count). The zero-order valence-corrected chi connectivity index (χ0v) is 16.5. The molecule has 0 bridgehead atoms. The van der Waals surface area contributed by atoms with Crippen LogP contribution in [-0.2, 0) is 11.4 Å². The first-order chi connectivity index (χ1) is 14.0. The molecule has 1 aliphatic rings. The third kappa shape index (κ3) is 6.05. The Morgan fingerprint density at radius 2 is 1.83 bits per heavy atom. The van der Waals surface area contributed by atoms with E-state index >= 15 is 0 Å². The number of piperazine rings is 1. The summed E-state index contributed by atoms with van der Waals surface area (Å²) in [6.07, 6.45) is 0.911. The van der Waals surface area contributed by atoms with Crippen LogP contribution < -0.4 is 10.1 Å². The summed E-state index contributed by atoms with van der Waals surface area (Å²) >= 11 is 0. The van der Waals surface area contributed by atoms with Gasteiger partial charge in [-0.15, -0.1) is 0 Å². The van der Waals surface area contributed by atoms with Crippen molar-refractivity contribution in [3.05, 3.63) is 53.7 Å². The van der Waals surface area contributed by atoms with Crippen LogP contribution >= 0.6 is 0 Å². The molecule has 2 aromatic rings. The van der Waals surface area contributed by atoms with Gasteiger partial charge in [-0.2, -0.15) is 0 Å². The van der Waals surface area contributed by atoms with Crippen molar-refractivity contribution < 1.29 is 23.1 Å². The van der Waals surface area contributed by atoms with Gasteiger partial charge in [-0.1, -0.05) is 6.92 Å². The number of nitrogens with one attached hydrogen (secondary N) is 1. The highest BCUT2D eigenvalue weighted by atomic mass is 19.1. The normalized spacial score (nSPS) is 14.6. The van der Waals surface area contributed by atoms with Crippen LogP contribution in [0.3, 0.4) is 0 Å². The number of carbonyl (C=O) groups excluding carboxylic acids is 2. The molecule has 1 N–H and O–H groups in total. The molecule has 0 aliphatic carbocycles. The van der Waals surface area contributed by atoms with Crippen molar-refractivity contribution in [3.8, 4) is 5.75 Å². The average Bonchev–Trinajstić information content (AvgIpc) is 3.21. The van der Waals surface area contributed by atoms with E-state index in [-0.39, 0.29) is 30.0 Å². The summed E-state index contributed by atoms with van der Waals surface area (Å²) in [4.78, 5) is 28.2. The standard InChI is InChI=1S/C21H26FN3O4/c1-2-9-23-20(26)14-24-10-12-25(13-11-24)21(27)19-8-7-18(29-19)15-28-17-5-3-16(22)4-6-17/h3-8H,2,9-15H2,1H3,(H,23,26). The summed E-state index contributed by atoms with van der Waals surface area (Å²) in [5.41, 5.74) is 0. The number of furan rings is 1. The van der Waals surface area contributed by atoms with Gasteiger partial charge in [-0.05, 0) is 42.8 Å². The van der Waals surface area contributed by atoms with Gasteiger partial charge in [0.25, 0.3) is 5.91 Å². The van der Waals surface area contributed by atoms with Gasteiger partial charge >= 0.3 is 0 Å². The van der Waals surface area contributed by atoms with Crippen LogP contribution in [0.4, 0.5) is 4.39 Å². The van der Waals surface area contributed by atoms with Gasteiger partial charge < -0.3 is 19.4 Å². The van der Waals surface area contributed by atoms with Crippen LogP contribution in [0.2, 0.25) is 0 Å². The molecule has 1 fully saturated rings. The van der Waals surface area contributed by atoms with E-state index in [1.165, 1.54) is 24.3 Å². The lowest BCUT2D eigenvalue weighted by molar-refractivity contribution is -0.122. The van der Waals surface area contributed by atoms with E-state index in [1.807, 2.05) is 11.8 Å². The second kappa shape index (κ2) is 10.1. The molecule has 2 heterocycles. The average molecular weight is 403 g/mol. The first kappa shape index (κ1) is 20.9. The van der Waals surface area contributed by atoms with Crippen molar-refractivity contribution >= 4 is 11.8 Å². The molecular formula is C21H26FN3O4. The van der Waals surface area contributed by atoms with Gasteiger partial charge in [0.15, 0.2) is 5.76 Å². The fourth-order valence-electron chi connectivity index (χ4n) is 3.04. The van der Waals surface area contributed by atoms with Crippen molar-refractivity contribution in [2.75, 3.05) is 39.3 Å². The van der Waals surface area contributed by atoms with Crippen LogP contribution in [0.5, 0.6) is 5.75 Å². The summed E-state index contributed by atoms with van der Waals surface area (Å²) in [5, 5.41) is 2.86. The zero-order chi connectivity index (χ0) is 20.6. The molecule has 1 aliphatic heterocycles. The second-order valence-electron chi connectivity index (χ2n) is 6.93. The molecule has 1 saturated heterocycles. The fraction of sp³-hybridized carbons (Fsp3) is 0.429. The highest BCUT2D eigenvalue weighted by Crippen LogP contribution is 2.16. The molecule has 156 valence electrons. The number of hydrogen-bond donors (Lipinski definition) is 1. The largest absolute Gasteiger partial charge is 0.486 e. The third-order valence-electron chi connectivity index (χ3n) is 4.67. The van der Waals surface area contributed by atoms with Crippen molar-refractivity contribution in [1.29, 1.82) is 0 Å². The topological polar surface area (TPSA) is 75.0 Å². The van der Waals surface area contributed by atoms with E-state index in [9.17, 15) is 14.0 Å². The summed E-state index contributed by atoms with van der Waals surface area (Å²) in [6, 6.07) is 9.04. The quantitative estimate of drug-likeness (QED) is 0.732. The van der Waals surface area contributed by atoms with Crippen molar-refractivity contribution in [1.82, 2.24) is 15.1 Å². The van der Waals surface area contributed by atoms with Crippen LogP contribution in [0.1, 0.15) is 29.7 Å². The molecule has 1 aromatic heterocycles. The molecule has 29 heavy (non-hydrogen) atoms. The fourth-order valence-corrected chi connectivity index (χ4v) is 3.04. The lowest BCUT2D eigenvalue weighted by atomic mass is 10.2.